The fraction of sp³-hybridized carbons (Fsp3) is 0.286. The van der Waals surface area contributed by atoms with Gasteiger partial charge in [-0.1, -0.05) is 74.2 Å². The minimum atomic E-state index is -1.09. The zero-order chi connectivity index (χ0) is 28.6. The number of hydrogen-bond acceptors (Lipinski definition) is 5. The van der Waals surface area contributed by atoms with E-state index in [1.54, 1.807) is 0 Å². The summed E-state index contributed by atoms with van der Waals surface area (Å²) in [5.41, 5.74) is 5.84. The molecule has 0 bridgehead atoms. The quantitative estimate of drug-likeness (QED) is 0.161. The lowest BCUT2D eigenvalue weighted by molar-refractivity contribution is 0.0224. The van der Waals surface area contributed by atoms with E-state index < -0.39 is 5.60 Å². The van der Waals surface area contributed by atoms with Crippen molar-refractivity contribution in [3.05, 3.63) is 112 Å². The van der Waals surface area contributed by atoms with E-state index in [1.165, 1.54) is 19.3 Å². The Morgan fingerprint density at radius 1 is 0.854 bits per heavy atom. The first-order chi connectivity index (χ1) is 20.0. The number of para-hydroxylation sites is 1. The van der Waals surface area contributed by atoms with Gasteiger partial charge in [-0.05, 0) is 68.3 Å². The molecule has 0 saturated carbocycles. The Hall–Kier alpha value is -3.96. The third-order valence-electron chi connectivity index (χ3n) is 8.19. The molecule has 6 rings (SSSR count). The Bertz CT molecular complexity index is 1620. The molecule has 4 aromatic rings. The Balaban J connectivity index is 1.39. The van der Waals surface area contributed by atoms with Gasteiger partial charge in [-0.3, -0.25) is 0 Å². The molecule has 1 N–H and O–H groups in total. The van der Waals surface area contributed by atoms with Crippen molar-refractivity contribution >= 4 is 34.6 Å². The van der Waals surface area contributed by atoms with Gasteiger partial charge in [-0.15, -0.1) is 0 Å². The van der Waals surface area contributed by atoms with Crippen molar-refractivity contribution < 1.29 is 14.3 Å². The van der Waals surface area contributed by atoms with E-state index >= 15 is 0 Å². The highest BCUT2D eigenvalue weighted by molar-refractivity contribution is 6.33. The van der Waals surface area contributed by atoms with Crippen molar-refractivity contribution in [2.45, 2.75) is 52.1 Å². The van der Waals surface area contributed by atoms with Gasteiger partial charge < -0.3 is 19.7 Å². The summed E-state index contributed by atoms with van der Waals surface area (Å²) in [6.45, 7) is 8.32. The molecular formula is C35H35ClN2O3. The molecule has 2 aliphatic heterocycles. The average Bonchev–Trinajstić information content (AvgIpc) is 3.28. The molecule has 210 valence electrons. The summed E-state index contributed by atoms with van der Waals surface area (Å²) >= 11 is 6.77. The van der Waals surface area contributed by atoms with Gasteiger partial charge in [-0.2, -0.15) is 0 Å². The van der Waals surface area contributed by atoms with E-state index in [4.69, 9.17) is 21.1 Å². The maximum Gasteiger partial charge on any atom is 0.340 e. The minimum absolute atomic E-state index is 0.335. The Morgan fingerprint density at radius 2 is 1.61 bits per heavy atom. The van der Waals surface area contributed by atoms with Crippen LogP contribution in [0.25, 0.3) is 0 Å². The molecule has 0 aromatic heterocycles. The Kier molecular flexibility index (Phi) is 7.39. The van der Waals surface area contributed by atoms with Crippen LogP contribution in [0, 0.1) is 6.92 Å². The summed E-state index contributed by atoms with van der Waals surface area (Å²) in [5, 5.41) is 4.39. The lowest BCUT2D eigenvalue weighted by Gasteiger charge is -2.36. The molecular weight excluding hydrogens is 532 g/mol. The number of esters is 1. The lowest BCUT2D eigenvalue weighted by atomic mass is 9.77. The van der Waals surface area contributed by atoms with Crippen molar-refractivity contribution in [2.24, 2.45) is 0 Å². The van der Waals surface area contributed by atoms with Gasteiger partial charge in [-0.25, -0.2) is 4.79 Å². The minimum Gasteiger partial charge on any atom is -0.456 e. The van der Waals surface area contributed by atoms with Gasteiger partial charge in [0, 0.05) is 41.2 Å². The smallest absolute Gasteiger partial charge is 0.340 e. The van der Waals surface area contributed by atoms with Crippen molar-refractivity contribution in [1.82, 2.24) is 0 Å². The molecule has 5 nitrogen and oxygen atoms in total. The highest BCUT2D eigenvalue weighted by atomic mass is 35.5. The monoisotopic (exact) mass is 566 g/mol. The number of aryl methyl sites for hydroxylation is 1. The van der Waals surface area contributed by atoms with Crippen LogP contribution in [0.1, 0.15) is 72.1 Å². The van der Waals surface area contributed by atoms with Gasteiger partial charge in [0.15, 0.2) is 5.60 Å². The lowest BCUT2D eigenvalue weighted by Crippen LogP contribution is -2.33. The van der Waals surface area contributed by atoms with Crippen LogP contribution in [0.3, 0.4) is 0 Å². The second kappa shape index (κ2) is 11.1. The Morgan fingerprint density at radius 3 is 2.41 bits per heavy atom. The average molecular weight is 567 g/mol. The number of fused-ring (bicyclic) bond motifs is 6. The number of nitrogens with zero attached hydrogens (tertiary/aromatic N) is 1. The van der Waals surface area contributed by atoms with Gasteiger partial charge in [0.1, 0.15) is 11.5 Å². The fourth-order valence-electron chi connectivity index (χ4n) is 6.07. The van der Waals surface area contributed by atoms with Crippen molar-refractivity contribution in [2.75, 3.05) is 23.3 Å². The standard InChI is InChI=1S/C35H35ClN2O3/c1-4-6-7-12-19-38(5-2)31-22-30(23(3)20-29(31)36)37-24-17-18-33-28(21-24)35(27-15-10-11-16-32(27)40-33)26-14-9-8-13-25(26)34(39)41-35/h8-11,13-18,20-22,37H,4-7,12,19H2,1-3H3. The molecule has 1 spiro atoms. The number of carbonyl (C=O) groups is 1. The Labute approximate surface area is 247 Å². The molecule has 41 heavy (non-hydrogen) atoms. The maximum absolute atomic E-state index is 13.2. The molecule has 0 amide bonds. The number of benzene rings is 4. The first kappa shape index (κ1) is 27.2. The van der Waals surface area contributed by atoms with E-state index in [9.17, 15) is 4.79 Å². The highest BCUT2D eigenvalue weighted by Gasteiger charge is 2.53. The maximum atomic E-state index is 13.2. The predicted molar refractivity (Wildman–Crippen MR) is 166 cm³/mol. The second-order valence-corrected chi connectivity index (χ2v) is 11.2. The highest BCUT2D eigenvalue weighted by Crippen LogP contribution is 2.56. The van der Waals surface area contributed by atoms with Gasteiger partial charge in [0.25, 0.3) is 0 Å². The van der Waals surface area contributed by atoms with Crippen molar-refractivity contribution in [3.63, 3.8) is 0 Å². The van der Waals surface area contributed by atoms with E-state index in [1.807, 2.05) is 72.8 Å². The fourth-order valence-corrected chi connectivity index (χ4v) is 6.41. The number of nitrogens with one attached hydrogen (secondary N) is 1. The molecule has 6 heteroatoms. The van der Waals surface area contributed by atoms with Crippen molar-refractivity contribution in [1.29, 1.82) is 0 Å². The second-order valence-electron chi connectivity index (χ2n) is 10.8. The molecule has 1 unspecified atom stereocenters. The summed E-state index contributed by atoms with van der Waals surface area (Å²) in [6, 6.07) is 25.6. The number of halogens is 1. The van der Waals surface area contributed by atoms with Crippen LogP contribution < -0.4 is 15.0 Å². The molecule has 2 heterocycles. The number of hydrogen-bond donors (Lipinski definition) is 1. The summed E-state index contributed by atoms with van der Waals surface area (Å²) in [5.74, 6) is 1.01. The zero-order valence-corrected chi connectivity index (χ0v) is 24.6. The summed E-state index contributed by atoms with van der Waals surface area (Å²) in [7, 11) is 0. The van der Waals surface area contributed by atoms with Gasteiger partial charge >= 0.3 is 5.97 Å². The van der Waals surface area contributed by atoms with E-state index in [-0.39, 0.29) is 5.97 Å². The third kappa shape index (κ3) is 4.72. The zero-order valence-electron chi connectivity index (χ0n) is 23.8. The molecule has 1 atom stereocenters. The number of unbranched alkanes of at least 4 members (excludes halogenated alkanes) is 3. The molecule has 2 aliphatic rings. The number of anilines is 3. The van der Waals surface area contributed by atoms with Crippen molar-refractivity contribution in [3.8, 4) is 11.5 Å². The van der Waals surface area contributed by atoms with Crippen LogP contribution in [-0.2, 0) is 10.3 Å². The predicted octanol–water partition coefficient (Wildman–Crippen LogP) is 9.37. The summed E-state index contributed by atoms with van der Waals surface area (Å²) in [6.07, 6.45) is 4.83. The molecule has 0 aliphatic carbocycles. The van der Waals surface area contributed by atoms with E-state index in [2.05, 4.69) is 37.1 Å². The third-order valence-corrected chi connectivity index (χ3v) is 8.50. The number of ether oxygens (including phenoxy) is 2. The molecule has 4 aromatic carbocycles. The largest absolute Gasteiger partial charge is 0.456 e. The van der Waals surface area contributed by atoms with Gasteiger partial charge in [0.2, 0.25) is 0 Å². The SMILES string of the molecule is CCCCCCN(CC)c1cc(Nc2ccc3c(c2)C2(OC(=O)c4ccccc42)c2ccccc2O3)c(C)cc1Cl. The molecule has 0 saturated heterocycles. The van der Waals surface area contributed by atoms with E-state index in [0.717, 1.165) is 63.8 Å². The number of rotatable bonds is 9. The first-order valence-corrected chi connectivity index (χ1v) is 14.9. The first-order valence-electron chi connectivity index (χ1n) is 14.5. The summed E-state index contributed by atoms with van der Waals surface area (Å²) < 4.78 is 12.6. The topological polar surface area (TPSA) is 50.8 Å². The van der Waals surface area contributed by atoms with Crippen LogP contribution >= 0.6 is 11.6 Å². The van der Waals surface area contributed by atoms with Gasteiger partial charge in [0.05, 0.1) is 16.3 Å². The van der Waals surface area contributed by atoms with Crippen LogP contribution in [0.4, 0.5) is 17.1 Å². The summed E-state index contributed by atoms with van der Waals surface area (Å²) in [4.78, 5) is 15.5. The van der Waals surface area contributed by atoms with Crippen LogP contribution in [0.2, 0.25) is 5.02 Å². The van der Waals surface area contributed by atoms with E-state index in [0.29, 0.717) is 17.1 Å². The van der Waals surface area contributed by atoms with Crippen LogP contribution in [0.5, 0.6) is 11.5 Å². The molecule has 0 fully saturated rings. The van der Waals surface area contributed by atoms with Crippen LogP contribution in [-0.4, -0.2) is 19.1 Å². The van der Waals surface area contributed by atoms with Crippen LogP contribution in [0.15, 0.2) is 78.9 Å². The molecule has 0 radical (unpaired) electrons. The number of carbonyl (C=O) groups excluding carboxylic acids is 1. The normalized spacial score (nSPS) is 16.4.